The highest BCUT2D eigenvalue weighted by Crippen LogP contribution is 2.57. The summed E-state index contributed by atoms with van der Waals surface area (Å²) in [6.45, 7) is 0. The summed E-state index contributed by atoms with van der Waals surface area (Å²) < 4.78 is 228. The third-order valence-corrected chi connectivity index (χ3v) is 5.39. The third-order valence-electron chi connectivity index (χ3n) is 3.73. The topological polar surface area (TPSA) is 38.7 Å². The molecular formula is C12Cl4F17N3. The fourth-order valence-electron chi connectivity index (χ4n) is 1.75. The molecule has 2 unspecified atom stereocenters. The van der Waals surface area contributed by atoms with Crippen molar-refractivity contribution in [2.75, 3.05) is 0 Å². The maximum Gasteiger partial charge on any atom is 0.460 e. The maximum absolute atomic E-state index is 14.2. The van der Waals surface area contributed by atoms with Crippen LogP contribution >= 0.6 is 46.4 Å². The minimum absolute atomic E-state index is 1.46. The van der Waals surface area contributed by atoms with Crippen molar-refractivity contribution in [2.24, 2.45) is 0 Å². The summed E-state index contributed by atoms with van der Waals surface area (Å²) in [5.41, 5.74) is 0. The molecular weight excluding hydrogens is 651 g/mol. The van der Waals surface area contributed by atoms with Crippen LogP contribution in [0.5, 0.6) is 0 Å². The second kappa shape index (κ2) is 8.75. The molecule has 0 N–H and O–H groups in total. The second-order valence-corrected chi connectivity index (χ2v) is 8.24. The fourth-order valence-corrected chi connectivity index (χ4v) is 2.16. The molecule has 0 aliphatic heterocycles. The molecule has 36 heavy (non-hydrogen) atoms. The van der Waals surface area contributed by atoms with E-state index in [0.717, 1.165) is 0 Å². The van der Waals surface area contributed by atoms with Crippen LogP contribution in [-0.4, -0.2) is 48.1 Å². The lowest BCUT2D eigenvalue weighted by Crippen LogP contribution is -2.54. The Morgan fingerprint density at radius 3 is 0.806 bits per heavy atom. The minimum Gasteiger partial charge on any atom is -0.210 e. The van der Waals surface area contributed by atoms with Crippen molar-refractivity contribution >= 4 is 46.4 Å². The molecule has 0 aliphatic carbocycles. The van der Waals surface area contributed by atoms with E-state index >= 15 is 0 Å². The first-order valence-electron chi connectivity index (χ1n) is 7.56. The lowest BCUT2D eigenvalue weighted by Gasteiger charge is -2.33. The Morgan fingerprint density at radius 2 is 0.611 bits per heavy atom. The lowest BCUT2D eigenvalue weighted by atomic mass is 10.1. The SMILES string of the molecule is FC(F)(F)C(F)(F)C(F)(F)c1nc(C(F)(F)C(F)(Cl)C(F)(F)Cl)nc(C(F)(F)C(F)(Cl)C(F)(F)Cl)n1. The Balaban J connectivity index is 4.21. The summed E-state index contributed by atoms with van der Waals surface area (Å²) in [4.78, 5) is 4.49. The molecule has 1 heterocycles. The summed E-state index contributed by atoms with van der Waals surface area (Å²) in [6.07, 6.45) is -7.37. The van der Waals surface area contributed by atoms with E-state index in [9.17, 15) is 74.6 Å². The van der Waals surface area contributed by atoms with Gasteiger partial charge in [-0.1, -0.05) is 23.2 Å². The average molecular weight is 651 g/mol. The van der Waals surface area contributed by atoms with Crippen molar-refractivity contribution in [3.63, 3.8) is 0 Å². The molecule has 0 spiro atoms. The smallest absolute Gasteiger partial charge is 0.210 e. The molecule has 0 fully saturated rings. The number of halogens is 21. The Morgan fingerprint density at radius 1 is 0.389 bits per heavy atom. The van der Waals surface area contributed by atoms with Crippen LogP contribution in [0.15, 0.2) is 0 Å². The first-order chi connectivity index (χ1) is 15.3. The Kier molecular flexibility index (Phi) is 8.03. The standard InChI is InChI=1S/C12Cl4F17N3/c13-7(23,10(15,27)28)4(17,18)1-34-2(5(19,20)8(14,24)11(16,29)30)36-3(35-1)6(21,22)9(25,26)12(31,32)33. The van der Waals surface area contributed by atoms with E-state index in [-0.39, 0.29) is 0 Å². The Hall–Kier alpha value is -1.02. The van der Waals surface area contributed by atoms with Gasteiger partial charge >= 0.3 is 50.9 Å². The quantitative estimate of drug-likeness (QED) is 0.213. The number of aromatic nitrogens is 3. The van der Waals surface area contributed by atoms with E-state index < -0.39 is 68.4 Å². The van der Waals surface area contributed by atoms with E-state index in [2.05, 4.69) is 46.4 Å². The molecule has 3 nitrogen and oxygen atoms in total. The summed E-state index contributed by atoms with van der Waals surface area (Å²) in [6, 6.07) is 0. The molecule has 2 atom stereocenters. The second-order valence-electron chi connectivity index (χ2n) is 6.25. The van der Waals surface area contributed by atoms with Gasteiger partial charge in [-0.15, -0.1) is 0 Å². The van der Waals surface area contributed by atoms with Gasteiger partial charge in [0.05, 0.1) is 0 Å². The van der Waals surface area contributed by atoms with E-state index in [1.807, 2.05) is 0 Å². The van der Waals surface area contributed by atoms with Crippen LogP contribution in [0.25, 0.3) is 0 Å². The van der Waals surface area contributed by atoms with Crippen molar-refractivity contribution in [3.05, 3.63) is 17.5 Å². The van der Waals surface area contributed by atoms with Crippen LogP contribution < -0.4 is 0 Å². The van der Waals surface area contributed by atoms with Crippen LogP contribution in [0.2, 0.25) is 0 Å². The van der Waals surface area contributed by atoms with Gasteiger partial charge in [0.2, 0.25) is 17.5 Å². The third kappa shape index (κ3) is 4.90. The molecule has 0 aromatic carbocycles. The molecule has 1 aromatic rings. The van der Waals surface area contributed by atoms with Crippen LogP contribution in [0, 0.1) is 0 Å². The van der Waals surface area contributed by atoms with Crippen molar-refractivity contribution in [3.8, 4) is 0 Å². The molecule has 1 rings (SSSR count). The molecule has 0 amide bonds. The van der Waals surface area contributed by atoms with Gasteiger partial charge in [-0.25, -0.2) is 23.7 Å². The van der Waals surface area contributed by atoms with Crippen LogP contribution in [-0.2, 0) is 17.8 Å². The number of nitrogens with zero attached hydrogens (tertiary/aromatic N) is 3. The van der Waals surface area contributed by atoms with E-state index in [4.69, 9.17) is 0 Å². The predicted molar refractivity (Wildman–Crippen MR) is 83.5 cm³/mol. The maximum atomic E-state index is 14.2. The molecule has 1 aromatic heterocycles. The minimum atomic E-state index is -7.48. The first kappa shape index (κ1) is 33.0. The molecule has 0 saturated carbocycles. The highest BCUT2D eigenvalue weighted by Gasteiger charge is 2.77. The molecule has 0 radical (unpaired) electrons. The van der Waals surface area contributed by atoms with Crippen molar-refractivity contribution in [1.82, 2.24) is 15.0 Å². The molecule has 0 saturated heterocycles. The van der Waals surface area contributed by atoms with Gasteiger partial charge in [0.1, 0.15) is 0 Å². The Labute approximate surface area is 204 Å². The van der Waals surface area contributed by atoms with Gasteiger partial charge < -0.3 is 0 Å². The zero-order valence-electron chi connectivity index (χ0n) is 15.3. The highest BCUT2D eigenvalue weighted by molar-refractivity contribution is 6.33. The van der Waals surface area contributed by atoms with Crippen molar-refractivity contribution in [1.29, 1.82) is 0 Å². The summed E-state index contributed by atoms with van der Waals surface area (Å²) in [5, 5.41) is -24.5. The molecule has 0 bridgehead atoms. The number of rotatable bonds is 8. The van der Waals surface area contributed by atoms with Crippen LogP contribution in [0.4, 0.5) is 74.6 Å². The summed E-state index contributed by atoms with van der Waals surface area (Å²) in [5.74, 6) is -39.1. The van der Waals surface area contributed by atoms with Gasteiger partial charge in [-0.2, -0.15) is 65.9 Å². The molecule has 210 valence electrons. The van der Waals surface area contributed by atoms with Gasteiger partial charge in [-0.3, -0.25) is 0 Å². The number of hydrogen-bond donors (Lipinski definition) is 0. The summed E-state index contributed by atoms with van der Waals surface area (Å²) in [7, 11) is 0. The van der Waals surface area contributed by atoms with Gasteiger partial charge in [-0.05, 0) is 23.2 Å². The van der Waals surface area contributed by atoms with Gasteiger partial charge in [0.15, 0.2) is 0 Å². The predicted octanol–water partition coefficient (Wildman–Crippen LogP) is 7.82. The largest absolute Gasteiger partial charge is 0.460 e. The van der Waals surface area contributed by atoms with E-state index in [0.29, 0.717) is 0 Å². The highest BCUT2D eigenvalue weighted by atomic mass is 35.5. The van der Waals surface area contributed by atoms with E-state index in [1.165, 1.54) is 9.97 Å². The molecule has 24 heteroatoms. The zero-order chi connectivity index (χ0) is 29.4. The summed E-state index contributed by atoms with van der Waals surface area (Å²) >= 11 is 16.2. The molecule has 0 aliphatic rings. The van der Waals surface area contributed by atoms with E-state index in [1.54, 1.807) is 4.98 Å². The first-order valence-corrected chi connectivity index (χ1v) is 9.07. The van der Waals surface area contributed by atoms with Gasteiger partial charge in [0, 0.05) is 0 Å². The van der Waals surface area contributed by atoms with Crippen LogP contribution in [0.1, 0.15) is 17.5 Å². The van der Waals surface area contributed by atoms with Crippen molar-refractivity contribution < 1.29 is 74.6 Å². The van der Waals surface area contributed by atoms with Crippen molar-refractivity contribution in [2.45, 2.75) is 50.9 Å². The number of alkyl halides is 21. The zero-order valence-corrected chi connectivity index (χ0v) is 18.3. The van der Waals surface area contributed by atoms with Crippen LogP contribution in [0.3, 0.4) is 0 Å². The Bertz CT molecular complexity index is 847. The average Bonchev–Trinajstić information content (AvgIpc) is 2.64. The normalized spacial score (nSPS) is 18.6. The monoisotopic (exact) mass is 649 g/mol. The van der Waals surface area contributed by atoms with Gasteiger partial charge in [0.25, 0.3) is 0 Å². The lowest BCUT2D eigenvalue weighted by molar-refractivity contribution is -0.361. The number of hydrogen-bond acceptors (Lipinski definition) is 3. The fraction of sp³-hybridized carbons (Fsp3) is 0.750.